The van der Waals surface area contributed by atoms with Crippen molar-refractivity contribution in [3.63, 3.8) is 0 Å². The maximum absolute atomic E-state index is 12.1. The summed E-state index contributed by atoms with van der Waals surface area (Å²) in [5.74, 6) is -0.402. The van der Waals surface area contributed by atoms with Gasteiger partial charge in [0, 0.05) is 6.54 Å². The number of amides is 1. The van der Waals surface area contributed by atoms with Crippen LogP contribution in [0.2, 0.25) is 0 Å². The van der Waals surface area contributed by atoms with Crippen molar-refractivity contribution in [2.24, 2.45) is 11.3 Å². The highest BCUT2D eigenvalue weighted by Crippen LogP contribution is 2.34. The lowest BCUT2D eigenvalue weighted by Crippen LogP contribution is -2.49. The summed E-state index contributed by atoms with van der Waals surface area (Å²) in [6.45, 7) is 4.07. The molecule has 4 nitrogen and oxygen atoms in total. The van der Waals surface area contributed by atoms with E-state index in [0.29, 0.717) is 19.5 Å². The molecule has 0 spiro atoms. The van der Waals surface area contributed by atoms with Crippen LogP contribution in [-0.2, 0) is 4.79 Å². The predicted molar refractivity (Wildman–Crippen MR) is 59.8 cm³/mol. The van der Waals surface area contributed by atoms with Gasteiger partial charge in [0.1, 0.15) is 0 Å². The summed E-state index contributed by atoms with van der Waals surface area (Å²) in [6.07, 6.45) is -6.62. The van der Waals surface area contributed by atoms with Crippen LogP contribution in [0.3, 0.4) is 0 Å². The Morgan fingerprint density at radius 1 is 1.50 bits per heavy atom. The average Bonchev–Trinajstić information content (AvgIpc) is 2.74. The predicted octanol–water partition coefficient (Wildman–Crippen LogP) is 0.661. The van der Waals surface area contributed by atoms with Crippen molar-refractivity contribution in [1.82, 2.24) is 10.6 Å². The van der Waals surface area contributed by atoms with E-state index >= 15 is 0 Å². The van der Waals surface area contributed by atoms with Gasteiger partial charge in [-0.1, -0.05) is 13.8 Å². The van der Waals surface area contributed by atoms with Gasteiger partial charge < -0.3 is 15.7 Å². The number of hydrogen-bond acceptors (Lipinski definition) is 3. The summed E-state index contributed by atoms with van der Waals surface area (Å²) in [5, 5.41) is 14.1. The molecule has 0 radical (unpaired) electrons. The Kier molecular flexibility index (Phi) is 4.61. The van der Waals surface area contributed by atoms with Gasteiger partial charge >= 0.3 is 6.18 Å². The van der Waals surface area contributed by atoms with Crippen LogP contribution < -0.4 is 10.6 Å². The summed E-state index contributed by atoms with van der Waals surface area (Å²) in [7, 11) is 0. The summed E-state index contributed by atoms with van der Waals surface area (Å²) < 4.78 is 36.4. The van der Waals surface area contributed by atoms with E-state index in [2.05, 4.69) is 10.6 Å². The Labute approximate surface area is 104 Å². The van der Waals surface area contributed by atoms with E-state index < -0.39 is 30.1 Å². The second-order valence-corrected chi connectivity index (χ2v) is 5.01. The molecule has 3 N–H and O–H groups in total. The second kappa shape index (κ2) is 5.44. The standard InChI is InChI=1S/C11H19F3N2O2/c1-7(2)10(3-4-15-6-10)9(18)16-5-8(17)11(12,13)14/h7-8,15,17H,3-6H2,1-2H3,(H,16,18). The van der Waals surface area contributed by atoms with Gasteiger partial charge in [0.15, 0.2) is 6.10 Å². The number of hydrogen-bond donors (Lipinski definition) is 3. The third-order valence-corrected chi connectivity index (χ3v) is 3.58. The van der Waals surface area contributed by atoms with Crippen LogP contribution in [0.1, 0.15) is 20.3 Å². The van der Waals surface area contributed by atoms with Gasteiger partial charge in [0.05, 0.1) is 12.0 Å². The molecule has 2 atom stereocenters. The van der Waals surface area contributed by atoms with Gasteiger partial charge in [-0.05, 0) is 18.9 Å². The fraction of sp³-hybridized carbons (Fsp3) is 0.909. The van der Waals surface area contributed by atoms with Gasteiger partial charge in [-0.25, -0.2) is 0 Å². The minimum absolute atomic E-state index is 0.0236. The Hall–Kier alpha value is -0.820. The van der Waals surface area contributed by atoms with E-state index in [1.165, 1.54) is 0 Å². The molecule has 1 rings (SSSR count). The maximum atomic E-state index is 12.1. The van der Waals surface area contributed by atoms with E-state index in [9.17, 15) is 18.0 Å². The molecule has 0 aromatic heterocycles. The number of rotatable bonds is 4. The number of aliphatic hydroxyl groups is 1. The number of carbonyl (C=O) groups excluding carboxylic acids is 1. The number of nitrogens with one attached hydrogen (secondary N) is 2. The van der Waals surface area contributed by atoms with E-state index in [-0.39, 0.29) is 5.92 Å². The molecule has 1 saturated heterocycles. The first-order valence-corrected chi connectivity index (χ1v) is 5.94. The third-order valence-electron chi connectivity index (χ3n) is 3.58. The molecule has 1 amide bonds. The van der Waals surface area contributed by atoms with Crippen molar-refractivity contribution in [2.45, 2.75) is 32.5 Å². The van der Waals surface area contributed by atoms with Crippen LogP contribution in [0.25, 0.3) is 0 Å². The molecule has 1 fully saturated rings. The smallest absolute Gasteiger partial charge is 0.382 e. The van der Waals surface area contributed by atoms with E-state index in [4.69, 9.17) is 5.11 Å². The summed E-state index contributed by atoms with van der Waals surface area (Å²) in [4.78, 5) is 12.0. The Balaban J connectivity index is 2.59. The topological polar surface area (TPSA) is 61.4 Å². The highest BCUT2D eigenvalue weighted by molar-refractivity contribution is 5.83. The molecular weight excluding hydrogens is 249 g/mol. The molecule has 1 aliphatic rings. The van der Waals surface area contributed by atoms with Crippen LogP contribution in [0.4, 0.5) is 13.2 Å². The second-order valence-electron chi connectivity index (χ2n) is 5.01. The Morgan fingerprint density at radius 2 is 2.11 bits per heavy atom. The molecule has 0 saturated carbocycles. The Bertz CT molecular complexity index is 299. The van der Waals surface area contributed by atoms with Crippen molar-refractivity contribution in [3.05, 3.63) is 0 Å². The molecule has 2 unspecified atom stereocenters. The minimum Gasteiger partial charge on any atom is -0.382 e. The van der Waals surface area contributed by atoms with E-state index in [1.807, 2.05) is 13.8 Å². The summed E-state index contributed by atoms with van der Waals surface area (Å²) in [6, 6.07) is 0. The first-order valence-electron chi connectivity index (χ1n) is 5.94. The lowest BCUT2D eigenvalue weighted by molar-refractivity contribution is -0.202. The number of carbonyl (C=O) groups is 1. The maximum Gasteiger partial charge on any atom is 0.416 e. The SMILES string of the molecule is CC(C)C1(C(=O)NCC(O)C(F)(F)F)CCNC1. The highest BCUT2D eigenvalue weighted by atomic mass is 19.4. The first kappa shape index (κ1) is 15.2. The lowest BCUT2D eigenvalue weighted by atomic mass is 9.75. The summed E-state index contributed by atoms with van der Waals surface area (Å²) in [5.41, 5.74) is -0.675. The first-order chi connectivity index (χ1) is 8.20. The molecule has 0 aromatic rings. The highest BCUT2D eigenvalue weighted by Gasteiger charge is 2.45. The van der Waals surface area contributed by atoms with Gasteiger partial charge in [0.25, 0.3) is 0 Å². The van der Waals surface area contributed by atoms with Crippen molar-refractivity contribution in [1.29, 1.82) is 0 Å². The normalized spacial score (nSPS) is 26.4. The Morgan fingerprint density at radius 3 is 2.50 bits per heavy atom. The molecule has 1 heterocycles. The largest absolute Gasteiger partial charge is 0.416 e. The zero-order valence-corrected chi connectivity index (χ0v) is 10.5. The number of alkyl halides is 3. The molecule has 0 aliphatic carbocycles. The zero-order valence-electron chi connectivity index (χ0n) is 10.5. The molecule has 7 heteroatoms. The molecule has 18 heavy (non-hydrogen) atoms. The summed E-state index contributed by atoms with van der Waals surface area (Å²) >= 11 is 0. The van der Waals surface area contributed by atoms with Gasteiger partial charge in [-0.15, -0.1) is 0 Å². The zero-order chi connectivity index (χ0) is 14.0. The van der Waals surface area contributed by atoms with Crippen LogP contribution in [0.15, 0.2) is 0 Å². The van der Waals surface area contributed by atoms with Crippen molar-refractivity contribution in [3.8, 4) is 0 Å². The van der Waals surface area contributed by atoms with Gasteiger partial charge in [-0.3, -0.25) is 4.79 Å². The van der Waals surface area contributed by atoms with Crippen LogP contribution in [0.5, 0.6) is 0 Å². The van der Waals surface area contributed by atoms with Crippen LogP contribution in [0, 0.1) is 11.3 Å². The molecule has 106 valence electrons. The van der Waals surface area contributed by atoms with Crippen molar-refractivity contribution in [2.75, 3.05) is 19.6 Å². The number of halogens is 3. The monoisotopic (exact) mass is 268 g/mol. The third kappa shape index (κ3) is 3.14. The van der Waals surface area contributed by atoms with Crippen molar-refractivity contribution < 1.29 is 23.1 Å². The molecule has 0 bridgehead atoms. The van der Waals surface area contributed by atoms with E-state index in [0.717, 1.165) is 0 Å². The fourth-order valence-corrected chi connectivity index (χ4v) is 2.14. The van der Waals surface area contributed by atoms with Crippen molar-refractivity contribution >= 4 is 5.91 Å². The quantitative estimate of drug-likeness (QED) is 0.702. The van der Waals surface area contributed by atoms with Crippen LogP contribution >= 0.6 is 0 Å². The fourth-order valence-electron chi connectivity index (χ4n) is 2.14. The average molecular weight is 268 g/mol. The molecule has 0 aromatic carbocycles. The van der Waals surface area contributed by atoms with Crippen LogP contribution in [-0.4, -0.2) is 42.9 Å². The molecular formula is C11H19F3N2O2. The lowest BCUT2D eigenvalue weighted by Gasteiger charge is -2.31. The van der Waals surface area contributed by atoms with Gasteiger partial charge in [-0.2, -0.15) is 13.2 Å². The number of aliphatic hydroxyl groups excluding tert-OH is 1. The van der Waals surface area contributed by atoms with E-state index in [1.54, 1.807) is 0 Å². The van der Waals surface area contributed by atoms with Gasteiger partial charge in [0.2, 0.25) is 5.91 Å². The molecule has 1 aliphatic heterocycles. The minimum atomic E-state index is -4.70.